The van der Waals surface area contributed by atoms with Crippen LogP contribution in [0.15, 0.2) is 18.2 Å². The zero-order chi connectivity index (χ0) is 12.6. The molecule has 0 aliphatic heterocycles. The molecular weight excluding hydrogens is 265 g/mol. The molecule has 0 spiro atoms. The van der Waals surface area contributed by atoms with Crippen molar-refractivity contribution in [2.24, 2.45) is 0 Å². The van der Waals surface area contributed by atoms with Crippen molar-refractivity contribution in [2.75, 3.05) is 7.11 Å². The summed E-state index contributed by atoms with van der Waals surface area (Å²) in [5, 5.41) is 9.44. The van der Waals surface area contributed by atoms with Gasteiger partial charge in [-0.2, -0.15) is 0 Å². The van der Waals surface area contributed by atoms with E-state index in [1.807, 2.05) is 0 Å². The normalized spacial score (nSPS) is 10.5. The number of fused-ring (bicyclic) bond motifs is 1. The molecule has 0 radical (unpaired) electrons. The number of ether oxygens (including phenoxy) is 1. The van der Waals surface area contributed by atoms with Crippen LogP contribution in [0.4, 0.5) is 0 Å². The number of nitrogens with zero attached hydrogens (tertiary/aromatic N) is 1. The minimum Gasteiger partial charge on any atom is -0.497 e. The van der Waals surface area contributed by atoms with Gasteiger partial charge in [0.15, 0.2) is 0 Å². The minimum absolute atomic E-state index is 0.0262. The van der Waals surface area contributed by atoms with Crippen LogP contribution >= 0.6 is 23.2 Å². The Labute approximate surface area is 107 Å². The average molecular weight is 272 g/mol. The van der Waals surface area contributed by atoms with Crippen molar-refractivity contribution in [1.29, 1.82) is 0 Å². The van der Waals surface area contributed by atoms with Crippen molar-refractivity contribution < 1.29 is 14.6 Å². The summed E-state index contributed by atoms with van der Waals surface area (Å²) in [4.78, 5) is 15.2. The second-order valence-electron chi connectivity index (χ2n) is 3.28. The minimum atomic E-state index is -1.16. The summed E-state index contributed by atoms with van der Waals surface area (Å²) in [5.41, 5.74) is 0.387. The molecule has 1 N–H and O–H groups in total. The third-order valence-corrected chi connectivity index (χ3v) is 3.04. The number of aromatic carboxylic acids is 1. The first-order chi connectivity index (χ1) is 8.04. The Bertz CT molecular complexity index is 613. The number of halogens is 2. The molecule has 0 bridgehead atoms. The quantitative estimate of drug-likeness (QED) is 0.852. The molecule has 1 aromatic heterocycles. The lowest BCUT2D eigenvalue weighted by molar-refractivity contribution is 0.0699. The summed E-state index contributed by atoms with van der Waals surface area (Å²) in [6.07, 6.45) is 0. The molecule has 0 amide bonds. The topological polar surface area (TPSA) is 59.4 Å². The Hall–Kier alpha value is -1.52. The molecule has 4 nitrogen and oxygen atoms in total. The predicted molar refractivity (Wildman–Crippen MR) is 65.3 cm³/mol. The van der Waals surface area contributed by atoms with Crippen molar-refractivity contribution >= 4 is 40.1 Å². The van der Waals surface area contributed by atoms with Crippen LogP contribution in [0, 0.1) is 0 Å². The third kappa shape index (κ3) is 2.01. The van der Waals surface area contributed by atoms with E-state index in [9.17, 15) is 4.79 Å². The van der Waals surface area contributed by atoms with Gasteiger partial charge in [-0.3, -0.25) is 0 Å². The standard InChI is InChI=1S/C11H7Cl2NO3/c1-17-5-2-3-7-6(4-5)8(11(15)16)9(12)10(13)14-7/h2-4H,1H3,(H,15,16). The van der Waals surface area contributed by atoms with Crippen LogP contribution in [-0.4, -0.2) is 23.2 Å². The SMILES string of the molecule is COc1ccc2nc(Cl)c(Cl)c(C(=O)O)c2c1. The zero-order valence-electron chi connectivity index (χ0n) is 8.70. The van der Waals surface area contributed by atoms with Crippen molar-refractivity contribution in [2.45, 2.75) is 0 Å². The Morgan fingerprint density at radius 3 is 2.71 bits per heavy atom. The van der Waals surface area contributed by atoms with Gasteiger partial charge in [0, 0.05) is 5.39 Å². The number of hydrogen-bond acceptors (Lipinski definition) is 3. The van der Waals surface area contributed by atoms with Gasteiger partial charge in [-0.25, -0.2) is 9.78 Å². The van der Waals surface area contributed by atoms with Crippen LogP contribution < -0.4 is 4.74 Å². The molecule has 0 atom stereocenters. The number of rotatable bonds is 2. The number of carbonyl (C=O) groups is 1. The molecule has 88 valence electrons. The second kappa shape index (κ2) is 4.39. The summed E-state index contributed by atoms with van der Waals surface area (Å²) >= 11 is 11.6. The Morgan fingerprint density at radius 2 is 2.12 bits per heavy atom. The lowest BCUT2D eigenvalue weighted by Gasteiger charge is -2.07. The fourth-order valence-corrected chi connectivity index (χ4v) is 1.94. The molecule has 0 fully saturated rings. The van der Waals surface area contributed by atoms with Gasteiger partial charge in [-0.05, 0) is 18.2 Å². The number of carboxylic acids is 1. The number of pyridine rings is 1. The summed E-state index contributed by atoms with van der Waals surface area (Å²) in [5.74, 6) is -0.627. The Kier molecular flexibility index (Phi) is 3.09. The molecule has 1 heterocycles. The summed E-state index contributed by atoms with van der Waals surface area (Å²) in [6.45, 7) is 0. The highest BCUT2D eigenvalue weighted by atomic mass is 35.5. The van der Waals surface area contributed by atoms with Gasteiger partial charge in [-0.15, -0.1) is 0 Å². The highest BCUT2D eigenvalue weighted by Gasteiger charge is 2.18. The molecule has 2 rings (SSSR count). The van der Waals surface area contributed by atoms with E-state index in [1.165, 1.54) is 7.11 Å². The highest BCUT2D eigenvalue weighted by molar-refractivity contribution is 6.44. The second-order valence-corrected chi connectivity index (χ2v) is 4.02. The zero-order valence-corrected chi connectivity index (χ0v) is 10.2. The smallest absolute Gasteiger partial charge is 0.338 e. The van der Waals surface area contributed by atoms with Crippen LogP contribution in [0.1, 0.15) is 10.4 Å². The van der Waals surface area contributed by atoms with Gasteiger partial charge in [0.05, 0.1) is 23.2 Å². The van der Waals surface area contributed by atoms with Gasteiger partial charge in [-0.1, -0.05) is 23.2 Å². The predicted octanol–water partition coefficient (Wildman–Crippen LogP) is 3.25. The monoisotopic (exact) mass is 271 g/mol. The Morgan fingerprint density at radius 1 is 1.41 bits per heavy atom. The Balaban J connectivity index is 2.89. The molecular formula is C11H7Cl2NO3. The molecule has 0 aliphatic rings. The fourth-order valence-electron chi connectivity index (χ4n) is 1.53. The van der Waals surface area contributed by atoms with E-state index in [0.29, 0.717) is 16.7 Å². The summed E-state index contributed by atoms with van der Waals surface area (Å²) in [6, 6.07) is 4.86. The van der Waals surface area contributed by atoms with Crippen molar-refractivity contribution in [1.82, 2.24) is 4.98 Å². The van der Waals surface area contributed by atoms with Gasteiger partial charge < -0.3 is 9.84 Å². The van der Waals surface area contributed by atoms with E-state index >= 15 is 0 Å². The first-order valence-corrected chi connectivity index (χ1v) is 5.36. The lowest BCUT2D eigenvalue weighted by atomic mass is 10.1. The van der Waals surface area contributed by atoms with Gasteiger partial charge in [0.2, 0.25) is 0 Å². The van der Waals surface area contributed by atoms with Crippen molar-refractivity contribution in [3.8, 4) is 5.75 Å². The lowest BCUT2D eigenvalue weighted by Crippen LogP contribution is -2.01. The van der Waals surface area contributed by atoms with Crippen molar-refractivity contribution in [3.63, 3.8) is 0 Å². The van der Waals surface area contributed by atoms with Crippen LogP contribution in [0.5, 0.6) is 5.75 Å². The number of methoxy groups -OCH3 is 1. The third-order valence-electron chi connectivity index (χ3n) is 2.31. The summed E-state index contributed by atoms with van der Waals surface area (Å²) < 4.78 is 5.03. The highest BCUT2D eigenvalue weighted by Crippen LogP contribution is 2.32. The maximum absolute atomic E-state index is 11.2. The molecule has 17 heavy (non-hydrogen) atoms. The van der Waals surface area contributed by atoms with Gasteiger partial charge >= 0.3 is 5.97 Å². The van der Waals surface area contributed by atoms with E-state index in [0.717, 1.165) is 0 Å². The fraction of sp³-hybridized carbons (Fsp3) is 0.0909. The van der Waals surface area contributed by atoms with E-state index in [1.54, 1.807) is 18.2 Å². The van der Waals surface area contributed by atoms with Crippen LogP contribution in [0.25, 0.3) is 10.9 Å². The molecule has 6 heteroatoms. The van der Waals surface area contributed by atoms with Crippen LogP contribution in [0.2, 0.25) is 10.2 Å². The largest absolute Gasteiger partial charge is 0.497 e. The maximum atomic E-state index is 11.2. The molecule has 0 saturated heterocycles. The van der Waals surface area contributed by atoms with E-state index in [-0.39, 0.29) is 15.7 Å². The molecule has 0 aliphatic carbocycles. The molecule has 0 saturated carbocycles. The maximum Gasteiger partial charge on any atom is 0.338 e. The average Bonchev–Trinajstić information content (AvgIpc) is 2.29. The number of benzene rings is 1. The molecule has 2 aromatic rings. The number of hydrogen-bond donors (Lipinski definition) is 1. The van der Waals surface area contributed by atoms with E-state index < -0.39 is 5.97 Å². The first kappa shape index (κ1) is 12.0. The number of aromatic nitrogens is 1. The van der Waals surface area contributed by atoms with Gasteiger partial charge in [0.25, 0.3) is 0 Å². The van der Waals surface area contributed by atoms with Gasteiger partial charge in [0.1, 0.15) is 10.9 Å². The van der Waals surface area contributed by atoms with Crippen LogP contribution in [0.3, 0.4) is 0 Å². The summed E-state index contributed by atoms with van der Waals surface area (Å²) in [7, 11) is 1.49. The van der Waals surface area contributed by atoms with Crippen molar-refractivity contribution in [3.05, 3.63) is 33.9 Å². The molecule has 0 unspecified atom stereocenters. The van der Waals surface area contributed by atoms with E-state index in [4.69, 9.17) is 33.0 Å². The van der Waals surface area contributed by atoms with E-state index in [2.05, 4.69) is 4.98 Å². The molecule has 1 aromatic carbocycles. The first-order valence-electron chi connectivity index (χ1n) is 4.60. The number of carboxylic acid groups (broad SMARTS) is 1. The van der Waals surface area contributed by atoms with Crippen LogP contribution in [-0.2, 0) is 0 Å².